The molecule has 4 rings (SSSR count). The number of hydrogen-bond donors (Lipinski definition) is 0. The van der Waals surface area contributed by atoms with E-state index in [-0.39, 0.29) is 35.6 Å². The molecule has 0 saturated heterocycles. The van der Waals surface area contributed by atoms with Crippen molar-refractivity contribution in [2.24, 2.45) is 0 Å². The Bertz CT molecular complexity index is 1060. The van der Waals surface area contributed by atoms with Gasteiger partial charge in [0.2, 0.25) is 0 Å². The van der Waals surface area contributed by atoms with E-state index >= 15 is 0 Å². The maximum absolute atomic E-state index is 2.99. The van der Waals surface area contributed by atoms with E-state index in [2.05, 4.69) is 110 Å². The summed E-state index contributed by atoms with van der Waals surface area (Å²) in [7, 11) is 0. The normalized spacial score (nSPS) is 12.3. The molecular formula is C29H36Cl2Zr-2. The van der Waals surface area contributed by atoms with Crippen LogP contribution in [-0.2, 0) is 35.1 Å². The number of allylic oxidation sites excluding steroid dienone is 4. The molecule has 3 aromatic rings. The van der Waals surface area contributed by atoms with Crippen LogP contribution in [0.4, 0.5) is 0 Å². The fraction of sp³-hybridized carbons (Fsp3) is 0.379. The van der Waals surface area contributed by atoms with Gasteiger partial charge in [0.05, 0.1) is 0 Å². The van der Waals surface area contributed by atoms with Gasteiger partial charge < -0.3 is 24.8 Å². The minimum atomic E-state index is 0. The molecule has 0 radical (unpaired) electrons. The minimum absolute atomic E-state index is 0. The van der Waals surface area contributed by atoms with Crippen LogP contribution < -0.4 is 24.8 Å². The molecule has 0 saturated carbocycles. The van der Waals surface area contributed by atoms with E-state index in [0.29, 0.717) is 0 Å². The molecular weight excluding hydrogens is 510 g/mol. The second-order valence-electron chi connectivity index (χ2n) is 10.2. The maximum Gasteiger partial charge on any atom is -0.109 e. The van der Waals surface area contributed by atoms with Crippen molar-refractivity contribution in [3.63, 3.8) is 0 Å². The Labute approximate surface area is 223 Å². The molecule has 0 fully saturated rings. The van der Waals surface area contributed by atoms with Crippen LogP contribution in [0.1, 0.15) is 72.9 Å². The first kappa shape index (κ1) is 31.1. The number of fused-ring (bicyclic) bond motifs is 3. The molecule has 0 spiro atoms. The van der Waals surface area contributed by atoms with Crippen LogP contribution in [0.25, 0.3) is 21.5 Å². The van der Waals surface area contributed by atoms with Crippen molar-refractivity contribution in [3.05, 3.63) is 77.9 Å². The summed E-state index contributed by atoms with van der Waals surface area (Å²) in [5.41, 5.74) is 3.22. The smallest absolute Gasteiger partial charge is 0.109 e. The summed E-state index contributed by atoms with van der Waals surface area (Å²) >= 11 is 1.55. The Morgan fingerprint density at radius 2 is 1.53 bits per heavy atom. The van der Waals surface area contributed by atoms with Gasteiger partial charge in [-0.05, 0) is 10.8 Å². The number of rotatable bonds is 0. The summed E-state index contributed by atoms with van der Waals surface area (Å²) in [6.45, 7) is 18.0. The van der Waals surface area contributed by atoms with E-state index < -0.39 is 0 Å². The zero-order chi connectivity index (χ0) is 22.5. The van der Waals surface area contributed by atoms with E-state index in [4.69, 9.17) is 0 Å². The first-order chi connectivity index (χ1) is 13.9. The van der Waals surface area contributed by atoms with Gasteiger partial charge in [-0.25, -0.2) is 12.2 Å². The van der Waals surface area contributed by atoms with Crippen molar-refractivity contribution in [3.8, 4) is 0 Å². The standard InChI is InChI=1S/C21H25.C5H5.C3H6.2ClH.Zr/c1-20(2,3)15-11-10-14-12-18-16(17(14)13-15)8-7-9-19(18)21(4,5)6;1-2-4-5-3-1;1-3-2;;;/h7-13H,1-6H3;1-3H,4H2;1-2H3;2*1H;/q2*-1;;;;+2/p-2. The zero-order valence-corrected chi connectivity index (χ0v) is 24.7. The van der Waals surface area contributed by atoms with Crippen LogP contribution in [0.2, 0.25) is 0 Å². The van der Waals surface area contributed by atoms with Gasteiger partial charge in [-0.1, -0.05) is 83.0 Å². The number of halogens is 2. The van der Waals surface area contributed by atoms with Crippen molar-refractivity contribution in [2.45, 2.75) is 72.6 Å². The van der Waals surface area contributed by atoms with Gasteiger partial charge in [-0.2, -0.15) is 6.08 Å². The van der Waals surface area contributed by atoms with Crippen LogP contribution >= 0.6 is 0 Å². The zero-order valence-electron chi connectivity index (χ0n) is 20.7. The quantitative estimate of drug-likeness (QED) is 0.380. The second-order valence-corrected chi connectivity index (χ2v) is 12.7. The number of hydrogen-bond acceptors (Lipinski definition) is 0. The molecule has 3 heteroatoms. The molecule has 0 atom stereocenters. The van der Waals surface area contributed by atoms with Gasteiger partial charge in [-0.15, -0.1) is 40.1 Å². The fourth-order valence-electron chi connectivity index (χ4n) is 3.49. The topological polar surface area (TPSA) is 0 Å². The van der Waals surface area contributed by atoms with Crippen LogP contribution in [0, 0.1) is 6.08 Å². The molecule has 0 bridgehead atoms. The minimum Gasteiger partial charge on any atom is -1.00 e. The van der Waals surface area contributed by atoms with E-state index in [1.54, 1.807) is 24.2 Å². The van der Waals surface area contributed by atoms with Gasteiger partial charge >= 0.3 is 41.3 Å². The summed E-state index contributed by atoms with van der Waals surface area (Å²) in [4.78, 5) is 0. The monoisotopic (exact) mass is 544 g/mol. The third kappa shape index (κ3) is 8.81. The Balaban J connectivity index is 0.000000739. The summed E-state index contributed by atoms with van der Waals surface area (Å²) in [6.07, 6.45) is 10.0. The Hall–Kier alpha value is -0.877. The first-order valence-electron chi connectivity index (χ1n) is 10.8. The molecule has 1 aliphatic carbocycles. The Morgan fingerprint density at radius 1 is 0.906 bits per heavy atom. The maximum atomic E-state index is 2.99. The third-order valence-corrected chi connectivity index (χ3v) is 5.01. The van der Waals surface area contributed by atoms with Crippen molar-refractivity contribution in [1.29, 1.82) is 0 Å². The van der Waals surface area contributed by atoms with Gasteiger partial charge in [0.1, 0.15) is 0 Å². The molecule has 0 aliphatic heterocycles. The molecule has 0 aromatic heterocycles. The van der Waals surface area contributed by atoms with E-state index in [9.17, 15) is 0 Å². The molecule has 0 unspecified atom stereocenters. The van der Waals surface area contributed by atoms with Crippen LogP contribution in [-0.4, -0.2) is 3.21 Å². The SMILES string of the molecule is CC(C)(C)c1ccc2[cH-]c3c(C(C)(C)C)cccc3c2c1.C[C](C)=[Zr+2].[C-]1=CC=CC1.[Cl-].[Cl-]. The summed E-state index contributed by atoms with van der Waals surface area (Å²) < 4.78 is 1.51. The second kappa shape index (κ2) is 13.1. The van der Waals surface area contributed by atoms with Gasteiger partial charge in [-0.3, -0.25) is 6.08 Å². The summed E-state index contributed by atoms with van der Waals surface area (Å²) in [5.74, 6) is 0. The van der Waals surface area contributed by atoms with Crippen LogP contribution in [0.3, 0.4) is 0 Å². The molecule has 172 valence electrons. The van der Waals surface area contributed by atoms with Crippen LogP contribution in [0.15, 0.2) is 60.7 Å². The average Bonchev–Trinajstić information content (AvgIpc) is 3.30. The molecule has 0 N–H and O–H groups in total. The van der Waals surface area contributed by atoms with Crippen molar-refractivity contribution < 1.29 is 49.0 Å². The predicted octanol–water partition coefficient (Wildman–Crippen LogP) is 2.37. The molecule has 0 nitrogen and oxygen atoms in total. The predicted molar refractivity (Wildman–Crippen MR) is 132 cm³/mol. The fourth-order valence-corrected chi connectivity index (χ4v) is 3.49. The number of benzene rings is 2. The van der Waals surface area contributed by atoms with E-state index in [0.717, 1.165) is 6.42 Å². The largest absolute Gasteiger partial charge is 1.00 e. The third-order valence-electron chi connectivity index (χ3n) is 5.01. The molecule has 0 heterocycles. The molecule has 1 aliphatic rings. The van der Waals surface area contributed by atoms with Gasteiger partial charge in [0.25, 0.3) is 0 Å². The molecule has 0 amide bonds. The average molecular weight is 547 g/mol. The summed E-state index contributed by atoms with van der Waals surface area (Å²) in [6, 6.07) is 16.0. The van der Waals surface area contributed by atoms with E-state index in [1.165, 1.54) is 35.9 Å². The van der Waals surface area contributed by atoms with Crippen LogP contribution in [0.5, 0.6) is 0 Å². The summed E-state index contributed by atoms with van der Waals surface area (Å²) in [5, 5.41) is 5.55. The van der Waals surface area contributed by atoms with Gasteiger partial charge in [0, 0.05) is 0 Å². The Kier molecular flexibility index (Phi) is 12.8. The van der Waals surface area contributed by atoms with Crippen molar-refractivity contribution in [1.82, 2.24) is 0 Å². The molecule has 32 heavy (non-hydrogen) atoms. The van der Waals surface area contributed by atoms with Crippen molar-refractivity contribution >= 4 is 24.8 Å². The van der Waals surface area contributed by atoms with E-state index in [1.807, 2.05) is 12.2 Å². The van der Waals surface area contributed by atoms with Crippen molar-refractivity contribution in [2.75, 3.05) is 0 Å². The Morgan fingerprint density at radius 3 is 1.97 bits per heavy atom. The molecule has 3 aromatic carbocycles. The van der Waals surface area contributed by atoms with Gasteiger partial charge in [0.15, 0.2) is 0 Å². The first-order valence-corrected chi connectivity index (χ1v) is 12.0.